The number of hydrogen-bond acceptors (Lipinski definition) is 5. The van der Waals surface area contributed by atoms with Crippen molar-refractivity contribution in [1.29, 1.82) is 0 Å². The number of nitrogens with two attached hydrogens (primary N) is 1. The number of nitrogen functional groups attached to an aromatic ring is 1. The SMILES string of the molecule is COc1c(Cc2ccc(OCCNCC(C)C)cc2)cc(-c2c(O)ccc3c2CCCC3)c(N)c1F. The average molecular weight is 493 g/mol. The minimum Gasteiger partial charge on any atom is -0.507 e. The Hall–Kier alpha value is -3.25. The number of anilines is 1. The lowest BCUT2D eigenvalue weighted by atomic mass is 9.84. The number of hydrogen-bond donors (Lipinski definition) is 3. The van der Waals surface area contributed by atoms with E-state index in [2.05, 4.69) is 19.2 Å². The van der Waals surface area contributed by atoms with Crippen molar-refractivity contribution in [3.63, 3.8) is 0 Å². The molecule has 0 aliphatic heterocycles. The van der Waals surface area contributed by atoms with Gasteiger partial charge in [0.05, 0.1) is 12.8 Å². The summed E-state index contributed by atoms with van der Waals surface area (Å²) < 4.78 is 26.7. The van der Waals surface area contributed by atoms with E-state index in [0.29, 0.717) is 35.6 Å². The highest BCUT2D eigenvalue weighted by molar-refractivity contribution is 5.85. The molecule has 1 aliphatic rings. The molecule has 36 heavy (non-hydrogen) atoms. The Kier molecular flexibility index (Phi) is 8.36. The fraction of sp³-hybridized carbons (Fsp3) is 0.400. The van der Waals surface area contributed by atoms with E-state index < -0.39 is 5.82 Å². The molecular formula is C30H37FN2O3. The molecule has 4 N–H and O–H groups in total. The topological polar surface area (TPSA) is 76.7 Å². The summed E-state index contributed by atoms with van der Waals surface area (Å²) in [5.74, 6) is 1.07. The van der Waals surface area contributed by atoms with Gasteiger partial charge in [0, 0.05) is 29.7 Å². The number of methoxy groups -OCH3 is 1. The summed E-state index contributed by atoms with van der Waals surface area (Å²) in [5.41, 5.74) is 11.4. The molecule has 0 saturated heterocycles. The van der Waals surface area contributed by atoms with Crippen molar-refractivity contribution in [2.24, 2.45) is 5.92 Å². The summed E-state index contributed by atoms with van der Waals surface area (Å²) in [6.07, 6.45) is 4.41. The molecule has 0 bridgehead atoms. The van der Waals surface area contributed by atoms with Crippen LogP contribution in [0.15, 0.2) is 42.5 Å². The lowest BCUT2D eigenvalue weighted by Crippen LogP contribution is -2.24. The third-order valence-electron chi connectivity index (χ3n) is 6.74. The number of aryl methyl sites for hydroxylation is 1. The van der Waals surface area contributed by atoms with E-state index in [1.165, 1.54) is 12.7 Å². The number of benzene rings is 3. The van der Waals surface area contributed by atoms with Crippen molar-refractivity contribution in [1.82, 2.24) is 5.32 Å². The lowest BCUT2D eigenvalue weighted by molar-refractivity contribution is 0.311. The molecule has 0 amide bonds. The fourth-order valence-electron chi connectivity index (χ4n) is 4.93. The van der Waals surface area contributed by atoms with Gasteiger partial charge in [0.1, 0.15) is 18.1 Å². The number of ether oxygens (including phenoxy) is 2. The summed E-state index contributed by atoms with van der Waals surface area (Å²) in [7, 11) is 1.45. The van der Waals surface area contributed by atoms with Crippen LogP contribution < -0.4 is 20.5 Å². The summed E-state index contributed by atoms with van der Waals surface area (Å²) in [5, 5.41) is 14.1. The van der Waals surface area contributed by atoms with E-state index in [1.54, 1.807) is 6.07 Å². The molecule has 3 aromatic carbocycles. The van der Waals surface area contributed by atoms with Crippen LogP contribution in [0.2, 0.25) is 0 Å². The molecule has 4 rings (SSSR count). The Bertz CT molecular complexity index is 1190. The normalized spacial score (nSPS) is 13.0. The molecule has 0 heterocycles. The van der Waals surface area contributed by atoms with Crippen molar-refractivity contribution in [3.8, 4) is 28.4 Å². The highest BCUT2D eigenvalue weighted by atomic mass is 19.1. The molecule has 0 aromatic heterocycles. The molecule has 0 fully saturated rings. The zero-order valence-corrected chi connectivity index (χ0v) is 21.5. The van der Waals surface area contributed by atoms with E-state index in [1.807, 2.05) is 36.4 Å². The maximum absolute atomic E-state index is 15.4. The van der Waals surface area contributed by atoms with E-state index in [4.69, 9.17) is 15.2 Å². The lowest BCUT2D eigenvalue weighted by Gasteiger charge is -2.23. The molecule has 0 atom stereocenters. The number of phenolic OH excluding ortho intramolecular Hbond substituents is 1. The molecule has 0 unspecified atom stereocenters. The monoisotopic (exact) mass is 492 g/mol. The smallest absolute Gasteiger partial charge is 0.188 e. The Morgan fingerprint density at radius 3 is 2.56 bits per heavy atom. The number of halogens is 1. The molecular weight excluding hydrogens is 455 g/mol. The van der Waals surface area contributed by atoms with Gasteiger partial charge >= 0.3 is 0 Å². The molecule has 0 spiro atoms. The maximum Gasteiger partial charge on any atom is 0.188 e. The van der Waals surface area contributed by atoms with Crippen LogP contribution in [0.4, 0.5) is 10.1 Å². The van der Waals surface area contributed by atoms with Crippen LogP contribution in [-0.2, 0) is 19.3 Å². The van der Waals surface area contributed by atoms with Gasteiger partial charge in [0.25, 0.3) is 0 Å². The van der Waals surface area contributed by atoms with Gasteiger partial charge in [-0.1, -0.05) is 32.0 Å². The van der Waals surface area contributed by atoms with E-state index in [0.717, 1.165) is 55.6 Å². The van der Waals surface area contributed by atoms with Crippen LogP contribution in [0.5, 0.6) is 17.2 Å². The Labute approximate surface area is 213 Å². The first-order valence-corrected chi connectivity index (χ1v) is 12.8. The van der Waals surface area contributed by atoms with Crippen LogP contribution in [0.3, 0.4) is 0 Å². The number of nitrogens with one attached hydrogen (secondary N) is 1. The number of fused-ring (bicyclic) bond motifs is 1. The summed E-state index contributed by atoms with van der Waals surface area (Å²) in [4.78, 5) is 0. The Morgan fingerprint density at radius 2 is 1.83 bits per heavy atom. The van der Waals surface area contributed by atoms with Crippen LogP contribution in [0.25, 0.3) is 11.1 Å². The van der Waals surface area contributed by atoms with E-state index >= 15 is 4.39 Å². The molecule has 5 nitrogen and oxygen atoms in total. The second-order valence-corrected chi connectivity index (χ2v) is 9.92. The largest absolute Gasteiger partial charge is 0.507 e. The first-order chi connectivity index (χ1) is 17.4. The number of phenols is 1. The van der Waals surface area contributed by atoms with Gasteiger partial charge in [-0.2, -0.15) is 0 Å². The van der Waals surface area contributed by atoms with Gasteiger partial charge < -0.3 is 25.6 Å². The van der Waals surface area contributed by atoms with Crippen LogP contribution >= 0.6 is 0 Å². The molecule has 0 saturated carbocycles. The highest BCUT2D eigenvalue weighted by Crippen LogP contribution is 2.44. The van der Waals surface area contributed by atoms with Crippen molar-refractivity contribution in [3.05, 3.63) is 70.5 Å². The second-order valence-electron chi connectivity index (χ2n) is 9.92. The third-order valence-corrected chi connectivity index (χ3v) is 6.74. The van der Waals surface area contributed by atoms with Crippen molar-refractivity contribution in [2.45, 2.75) is 46.0 Å². The maximum atomic E-state index is 15.4. The van der Waals surface area contributed by atoms with E-state index in [9.17, 15) is 5.11 Å². The molecule has 0 radical (unpaired) electrons. The van der Waals surface area contributed by atoms with Gasteiger partial charge in [-0.3, -0.25) is 0 Å². The van der Waals surface area contributed by atoms with Crippen molar-refractivity contribution >= 4 is 5.69 Å². The summed E-state index contributed by atoms with van der Waals surface area (Å²) in [6.45, 7) is 6.70. The third kappa shape index (κ3) is 5.76. The number of aromatic hydroxyl groups is 1. The zero-order chi connectivity index (χ0) is 25.7. The Balaban J connectivity index is 1.59. The second kappa shape index (κ2) is 11.7. The predicted molar refractivity (Wildman–Crippen MR) is 144 cm³/mol. The summed E-state index contributed by atoms with van der Waals surface area (Å²) >= 11 is 0. The first kappa shape index (κ1) is 25.8. The molecule has 192 valence electrons. The van der Waals surface area contributed by atoms with E-state index in [-0.39, 0.29) is 17.2 Å². The fourth-order valence-corrected chi connectivity index (χ4v) is 4.93. The van der Waals surface area contributed by atoms with Crippen LogP contribution in [0.1, 0.15) is 48.9 Å². The highest BCUT2D eigenvalue weighted by Gasteiger charge is 2.24. The van der Waals surface area contributed by atoms with Gasteiger partial charge in [-0.15, -0.1) is 0 Å². The zero-order valence-electron chi connectivity index (χ0n) is 21.5. The predicted octanol–water partition coefficient (Wildman–Crippen LogP) is 5.88. The molecule has 3 aromatic rings. The van der Waals surface area contributed by atoms with Gasteiger partial charge in [0.2, 0.25) is 0 Å². The minimum absolute atomic E-state index is 0.000280. The summed E-state index contributed by atoms with van der Waals surface area (Å²) in [6, 6.07) is 13.3. The van der Waals surface area contributed by atoms with Crippen molar-refractivity contribution in [2.75, 3.05) is 32.5 Å². The van der Waals surface area contributed by atoms with Crippen LogP contribution in [0, 0.1) is 11.7 Å². The molecule has 6 heteroatoms. The van der Waals surface area contributed by atoms with Crippen LogP contribution in [-0.4, -0.2) is 31.9 Å². The van der Waals surface area contributed by atoms with Crippen molar-refractivity contribution < 1.29 is 19.0 Å². The standard InChI is InChI=1S/C30H37FN2O3/c1-19(2)18-33-14-15-36-23-11-8-20(9-12-23)16-22-17-25(29(32)28(31)30(22)35-3)27-24-7-5-4-6-21(24)10-13-26(27)34/h8-13,17,19,33-34H,4-7,14-16,18,32H2,1-3H3. The quantitative estimate of drug-likeness (QED) is 0.243. The number of rotatable bonds is 10. The van der Waals surface area contributed by atoms with Gasteiger partial charge in [-0.05, 0) is 79.1 Å². The first-order valence-electron chi connectivity index (χ1n) is 12.8. The Morgan fingerprint density at radius 1 is 1.08 bits per heavy atom. The van der Waals surface area contributed by atoms with Gasteiger partial charge in [-0.25, -0.2) is 4.39 Å². The molecule has 1 aliphatic carbocycles. The minimum atomic E-state index is -0.591. The van der Waals surface area contributed by atoms with Gasteiger partial charge in [0.15, 0.2) is 11.6 Å². The average Bonchev–Trinajstić information content (AvgIpc) is 2.87.